The topological polar surface area (TPSA) is 81.6 Å². The summed E-state index contributed by atoms with van der Waals surface area (Å²) in [5.41, 5.74) is 1.69. The molecule has 0 aliphatic heterocycles. The highest BCUT2D eigenvalue weighted by atomic mass is 16.1. The van der Waals surface area contributed by atoms with Gasteiger partial charge in [0.1, 0.15) is 11.9 Å². The number of benzene rings is 1. The van der Waals surface area contributed by atoms with E-state index in [2.05, 4.69) is 29.1 Å². The summed E-state index contributed by atoms with van der Waals surface area (Å²) >= 11 is 0. The van der Waals surface area contributed by atoms with Crippen LogP contribution in [0.3, 0.4) is 0 Å². The molecule has 5 nitrogen and oxygen atoms in total. The molecule has 130 valence electrons. The van der Waals surface area contributed by atoms with Crippen LogP contribution in [0.5, 0.6) is 0 Å². The first kappa shape index (κ1) is 17.2. The minimum atomic E-state index is -0.366. The minimum Gasteiger partial charge on any atom is -0.339 e. The number of nitriles is 1. The van der Waals surface area contributed by atoms with E-state index in [0.717, 1.165) is 17.7 Å². The summed E-state index contributed by atoms with van der Waals surface area (Å²) in [5, 5.41) is 12.6. The molecular formula is C20H24N4O. The van der Waals surface area contributed by atoms with Gasteiger partial charge in [-0.2, -0.15) is 5.26 Å². The van der Waals surface area contributed by atoms with Crippen molar-refractivity contribution >= 4 is 11.5 Å². The first-order chi connectivity index (χ1) is 12.1. The second kappa shape index (κ2) is 7.52. The van der Waals surface area contributed by atoms with Crippen molar-refractivity contribution in [3.05, 3.63) is 51.6 Å². The molecule has 0 radical (unpaired) electrons. The number of nitrogens with one attached hydrogen (secondary N) is 2. The number of rotatable bonds is 5. The second-order valence-electron chi connectivity index (χ2n) is 7.07. The molecule has 1 heterocycles. The summed E-state index contributed by atoms with van der Waals surface area (Å²) in [6.07, 6.45) is 5.63. The summed E-state index contributed by atoms with van der Waals surface area (Å²) in [7, 11) is 0. The molecule has 1 aromatic heterocycles. The molecule has 5 heteroatoms. The molecule has 25 heavy (non-hydrogen) atoms. The van der Waals surface area contributed by atoms with Gasteiger partial charge >= 0.3 is 0 Å². The van der Waals surface area contributed by atoms with Crippen molar-refractivity contribution in [3.8, 4) is 6.07 Å². The van der Waals surface area contributed by atoms with E-state index in [-0.39, 0.29) is 11.1 Å². The number of H-pyrrole nitrogens is 1. The average Bonchev–Trinajstić information content (AvgIpc) is 3.08. The van der Waals surface area contributed by atoms with E-state index in [0.29, 0.717) is 23.5 Å². The van der Waals surface area contributed by atoms with Gasteiger partial charge in [0.05, 0.1) is 0 Å². The van der Waals surface area contributed by atoms with Crippen LogP contribution >= 0.6 is 0 Å². The number of hydrogen-bond acceptors (Lipinski definition) is 4. The highest BCUT2D eigenvalue weighted by Crippen LogP contribution is 2.29. The van der Waals surface area contributed by atoms with Crippen molar-refractivity contribution in [2.24, 2.45) is 5.92 Å². The van der Waals surface area contributed by atoms with E-state index in [1.165, 1.54) is 25.7 Å². The maximum Gasteiger partial charge on any atom is 0.271 e. The zero-order chi connectivity index (χ0) is 17.8. The van der Waals surface area contributed by atoms with Crippen molar-refractivity contribution < 1.29 is 0 Å². The normalized spacial score (nSPS) is 14.6. The predicted octanol–water partition coefficient (Wildman–Crippen LogP) is 4.24. The summed E-state index contributed by atoms with van der Waals surface area (Å²) < 4.78 is 0. The Balaban J connectivity index is 1.95. The molecule has 1 fully saturated rings. The Hall–Kier alpha value is -2.61. The summed E-state index contributed by atoms with van der Waals surface area (Å²) in [5.74, 6) is 1.92. The molecule has 2 aromatic rings. The van der Waals surface area contributed by atoms with Crippen LogP contribution in [0.25, 0.3) is 0 Å². The van der Waals surface area contributed by atoms with Crippen molar-refractivity contribution in [1.82, 2.24) is 9.97 Å². The third-order valence-electron chi connectivity index (χ3n) is 4.87. The van der Waals surface area contributed by atoms with E-state index in [4.69, 9.17) is 0 Å². The average molecular weight is 336 g/mol. The molecule has 0 unspecified atom stereocenters. The quantitative estimate of drug-likeness (QED) is 0.855. The van der Waals surface area contributed by atoms with Crippen LogP contribution in [0.15, 0.2) is 29.1 Å². The van der Waals surface area contributed by atoms with Gasteiger partial charge in [-0.1, -0.05) is 57.7 Å². The van der Waals surface area contributed by atoms with Gasteiger partial charge in [-0.25, -0.2) is 4.98 Å². The number of para-hydroxylation sites is 1. The van der Waals surface area contributed by atoms with E-state index in [9.17, 15) is 10.1 Å². The van der Waals surface area contributed by atoms with Crippen LogP contribution in [-0.4, -0.2) is 9.97 Å². The van der Waals surface area contributed by atoms with Crippen LogP contribution in [0, 0.1) is 17.2 Å². The number of anilines is 2. The smallest absolute Gasteiger partial charge is 0.271 e. The van der Waals surface area contributed by atoms with E-state index < -0.39 is 0 Å². The molecule has 1 aliphatic carbocycles. The molecule has 2 N–H and O–H groups in total. The lowest BCUT2D eigenvalue weighted by molar-refractivity contribution is 0.529. The molecular weight excluding hydrogens is 312 g/mol. The van der Waals surface area contributed by atoms with Gasteiger partial charge in [0.2, 0.25) is 0 Å². The fraction of sp³-hybridized carbons (Fsp3) is 0.450. The molecule has 3 rings (SSSR count). The van der Waals surface area contributed by atoms with Gasteiger partial charge in [-0.15, -0.1) is 0 Å². The first-order valence-corrected chi connectivity index (χ1v) is 8.97. The van der Waals surface area contributed by atoms with Gasteiger partial charge in [-0.05, 0) is 23.5 Å². The Bertz CT molecular complexity index is 842. The molecule has 0 saturated heterocycles. The maximum absolute atomic E-state index is 12.3. The van der Waals surface area contributed by atoms with Crippen molar-refractivity contribution in [3.63, 3.8) is 0 Å². The van der Waals surface area contributed by atoms with Gasteiger partial charge < -0.3 is 10.3 Å². The fourth-order valence-electron chi connectivity index (χ4n) is 3.54. The van der Waals surface area contributed by atoms with Crippen molar-refractivity contribution in [2.75, 3.05) is 5.32 Å². The zero-order valence-corrected chi connectivity index (χ0v) is 14.8. The lowest BCUT2D eigenvalue weighted by atomic mass is 10.0. The van der Waals surface area contributed by atoms with Crippen LogP contribution in [0.4, 0.5) is 11.5 Å². The third-order valence-corrected chi connectivity index (χ3v) is 4.87. The molecule has 1 saturated carbocycles. The fourth-order valence-corrected chi connectivity index (χ4v) is 3.54. The largest absolute Gasteiger partial charge is 0.339 e. The molecule has 1 aromatic carbocycles. The van der Waals surface area contributed by atoms with Crippen molar-refractivity contribution in [1.29, 1.82) is 5.26 Å². The van der Waals surface area contributed by atoms with Crippen LogP contribution < -0.4 is 10.9 Å². The lowest BCUT2D eigenvalue weighted by Crippen LogP contribution is -2.19. The standard InChI is InChI=1S/C20H24N4O/c1-13(2)15-9-5-6-10-17(15)22-19-16(12-21)20(25)24-18(23-19)11-14-7-3-4-8-14/h5-6,9-10,13-14H,3-4,7-8,11H2,1-2H3,(H2,22,23,24,25). The SMILES string of the molecule is CC(C)c1ccccc1Nc1nc(CC2CCCC2)[nH]c(=O)c1C#N. The number of aromatic nitrogens is 2. The van der Waals surface area contributed by atoms with Gasteiger partial charge in [0, 0.05) is 12.1 Å². The first-order valence-electron chi connectivity index (χ1n) is 8.97. The summed E-state index contributed by atoms with van der Waals surface area (Å²) in [6.45, 7) is 4.23. The number of hydrogen-bond donors (Lipinski definition) is 2. The molecule has 0 amide bonds. The Morgan fingerprint density at radius 2 is 2.04 bits per heavy atom. The predicted molar refractivity (Wildman–Crippen MR) is 99.0 cm³/mol. The lowest BCUT2D eigenvalue weighted by Gasteiger charge is -2.15. The molecule has 1 aliphatic rings. The summed E-state index contributed by atoms with van der Waals surface area (Å²) in [4.78, 5) is 19.7. The monoisotopic (exact) mass is 336 g/mol. The highest BCUT2D eigenvalue weighted by Gasteiger charge is 2.19. The van der Waals surface area contributed by atoms with Crippen LogP contribution in [0.1, 0.15) is 62.4 Å². The molecule has 0 spiro atoms. The third kappa shape index (κ3) is 3.90. The Kier molecular flexibility index (Phi) is 5.18. The second-order valence-corrected chi connectivity index (χ2v) is 7.07. The van der Waals surface area contributed by atoms with Crippen LogP contribution in [-0.2, 0) is 6.42 Å². The van der Waals surface area contributed by atoms with Gasteiger partial charge in [-0.3, -0.25) is 4.79 Å². The Morgan fingerprint density at radius 3 is 2.72 bits per heavy atom. The zero-order valence-electron chi connectivity index (χ0n) is 14.8. The summed E-state index contributed by atoms with van der Waals surface area (Å²) in [6, 6.07) is 9.91. The molecule has 0 atom stereocenters. The van der Waals surface area contributed by atoms with Crippen molar-refractivity contribution in [2.45, 2.75) is 51.9 Å². The van der Waals surface area contributed by atoms with E-state index in [1.807, 2.05) is 30.3 Å². The maximum atomic E-state index is 12.3. The number of nitrogens with zero attached hydrogens (tertiary/aromatic N) is 2. The number of aromatic amines is 1. The van der Waals surface area contributed by atoms with Gasteiger partial charge in [0.15, 0.2) is 11.4 Å². The minimum absolute atomic E-state index is 0.0359. The van der Waals surface area contributed by atoms with E-state index in [1.54, 1.807) is 0 Å². The van der Waals surface area contributed by atoms with E-state index >= 15 is 0 Å². The Morgan fingerprint density at radius 1 is 1.32 bits per heavy atom. The van der Waals surface area contributed by atoms with Gasteiger partial charge in [0.25, 0.3) is 5.56 Å². The highest BCUT2D eigenvalue weighted by molar-refractivity contribution is 5.65. The van der Waals surface area contributed by atoms with Crippen LogP contribution in [0.2, 0.25) is 0 Å². The molecule has 0 bridgehead atoms. The Labute approximate surface area is 148 Å².